The number of hydrogen-bond acceptors (Lipinski definition) is 6. The molecular weight excluding hydrogens is 268 g/mol. The molecule has 0 saturated heterocycles. The molecule has 20 heavy (non-hydrogen) atoms. The number of aromatic nitrogens is 2. The van der Waals surface area contributed by atoms with Crippen LogP contribution in [0.3, 0.4) is 0 Å². The van der Waals surface area contributed by atoms with Crippen LogP contribution in [0, 0.1) is 17.0 Å². The summed E-state index contributed by atoms with van der Waals surface area (Å²) in [6, 6.07) is 2.81. The molecular formula is C11H12N4O5. The van der Waals surface area contributed by atoms with Gasteiger partial charge in [0, 0.05) is 7.05 Å². The number of carboxylic acid groups (broad SMARTS) is 1. The summed E-state index contributed by atoms with van der Waals surface area (Å²) in [5, 5.41) is 26.5. The minimum absolute atomic E-state index is 0.113. The molecule has 0 aliphatic heterocycles. The number of aryl methyl sites for hydroxylation is 2. The van der Waals surface area contributed by atoms with E-state index in [4.69, 9.17) is 9.52 Å². The second-order valence-corrected chi connectivity index (χ2v) is 4.09. The second kappa shape index (κ2) is 5.03. The molecule has 0 aliphatic rings. The number of carboxylic acids is 1. The maximum atomic E-state index is 11.0. The number of nitrogens with zero attached hydrogens (tertiary/aromatic N) is 3. The van der Waals surface area contributed by atoms with Crippen LogP contribution in [0.4, 0.5) is 11.5 Å². The largest absolute Gasteiger partial charge is 0.475 e. The van der Waals surface area contributed by atoms with Crippen molar-refractivity contribution in [2.75, 3.05) is 5.32 Å². The van der Waals surface area contributed by atoms with Crippen molar-refractivity contribution in [3.05, 3.63) is 39.5 Å². The number of carbonyl (C=O) groups is 1. The van der Waals surface area contributed by atoms with Crippen LogP contribution >= 0.6 is 0 Å². The number of furan rings is 1. The Morgan fingerprint density at radius 1 is 1.60 bits per heavy atom. The third-order valence-corrected chi connectivity index (χ3v) is 2.68. The van der Waals surface area contributed by atoms with Gasteiger partial charge in [-0.25, -0.2) is 9.48 Å². The highest BCUT2D eigenvalue weighted by Gasteiger charge is 2.23. The summed E-state index contributed by atoms with van der Waals surface area (Å²) in [4.78, 5) is 21.1. The van der Waals surface area contributed by atoms with E-state index in [1.807, 2.05) is 0 Å². The average Bonchev–Trinajstić information content (AvgIpc) is 2.91. The fourth-order valence-corrected chi connectivity index (χ4v) is 1.82. The predicted octanol–water partition coefficient (Wildman–Crippen LogP) is 1.54. The minimum Gasteiger partial charge on any atom is -0.475 e. The van der Waals surface area contributed by atoms with Gasteiger partial charge in [-0.05, 0) is 19.1 Å². The third kappa shape index (κ3) is 2.46. The zero-order chi connectivity index (χ0) is 14.9. The van der Waals surface area contributed by atoms with E-state index in [2.05, 4.69) is 10.4 Å². The van der Waals surface area contributed by atoms with Crippen LogP contribution in [0.25, 0.3) is 0 Å². The van der Waals surface area contributed by atoms with Gasteiger partial charge in [0.2, 0.25) is 11.6 Å². The standard InChI is InChI=1S/C11H12N4O5/c1-6-9(15(18)19)10(14(2)13-6)12-5-7-3-4-8(20-7)11(16)17/h3-4,12H,5H2,1-2H3,(H,16,17). The number of anilines is 1. The van der Waals surface area contributed by atoms with Crippen molar-refractivity contribution >= 4 is 17.5 Å². The van der Waals surface area contributed by atoms with Crippen LogP contribution in [0.15, 0.2) is 16.5 Å². The number of nitrogens with one attached hydrogen (secondary N) is 1. The average molecular weight is 280 g/mol. The predicted molar refractivity (Wildman–Crippen MR) is 67.6 cm³/mol. The van der Waals surface area contributed by atoms with Crippen molar-refractivity contribution in [1.82, 2.24) is 9.78 Å². The van der Waals surface area contributed by atoms with Gasteiger partial charge in [0.05, 0.1) is 11.5 Å². The van der Waals surface area contributed by atoms with Crippen LogP contribution in [0.5, 0.6) is 0 Å². The molecule has 0 bridgehead atoms. The Bertz CT molecular complexity index is 672. The summed E-state index contributed by atoms with van der Waals surface area (Å²) >= 11 is 0. The first-order valence-electron chi connectivity index (χ1n) is 5.64. The van der Waals surface area contributed by atoms with Gasteiger partial charge in [0.1, 0.15) is 11.5 Å². The van der Waals surface area contributed by atoms with Gasteiger partial charge in [-0.3, -0.25) is 10.1 Å². The lowest BCUT2D eigenvalue weighted by molar-refractivity contribution is -0.384. The molecule has 0 aliphatic carbocycles. The lowest BCUT2D eigenvalue weighted by Gasteiger charge is -2.03. The lowest BCUT2D eigenvalue weighted by Crippen LogP contribution is -2.06. The maximum absolute atomic E-state index is 11.0. The molecule has 0 saturated carbocycles. The molecule has 106 valence electrons. The van der Waals surface area contributed by atoms with Gasteiger partial charge in [-0.15, -0.1) is 0 Å². The molecule has 0 amide bonds. The van der Waals surface area contributed by atoms with Crippen LogP contribution in [0.2, 0.25) is 0 Å². The lowest BCUT2D eigenvalue weighted by atomic mass is 10.3. The van der Waals surface area contributed by atoms with Gasteiger partial charge in [0.25, 0.3) is 0 Å². The van der Waals surface area contributed by atoms with E-state index < -0.39 is 10.9 Å². The molecule has 9 nitrogen and oxygen atoms in total. The Balaban J connectivity index is 2.18. The van der Waals surface area contributed by atoms with E-state index in [1.165, 1.54) is 16.8 Å². The Morgan fingerprint density at radius 2 is 2.30 bits per heavy atom. The van der Waals surface area contributed by atoms with Crippen molar-refractivity contribution in [2.24, 2.45) is 7.05 Å². The highest BCUT2D eigenvalue weighted by atomic mass is 16.6. The summed E-state index contributed by atoms with van der Waals surface area (Å²) in [5.41, 5.74) is 0.184. The fraction of sp³-hybridized carbons (Fsp3) is 0.273. The van der Waals surface area contributed by atoms with E-state index in [-0.39, 0.29) is 23.8 Å². The van der Waals surface area contributed by atoms with Crippen molar-refractivity contribution in [2.45, 2.75) is 13.5 Å². The Labute approximate surface area is 113 Å². The molecule has 0 spiro atoms. The third-order valence-electron chi connectivity index (χ3n) is 2.68. The smallest absolute Gasteiger partial charge is 0.371 e. The minimum atomic E-state index is -1.17. The van der Waals surface area contributed by atoms with E-state index in [9.17, 15) is 14.9 Å². The number of aromatic carboxylic acids is 1. The van der Waals surface area contributed by atoms with Crippen LogP contribution in [-0.2, 0) is 13.6 Å². The van der Waals surface area contributed by atoms with Gasteiger partial charge >= 0.3 is 11.7 Å². The van der Waals surface area contributed by atoms with E-state index in [0.717, 1.165) is 0 Å². The highest BCUT2D eigenvalue weighted by Crippen LogP contribution is 2.27. The van der Waals surface area contributed by atoms with Gasteiger partial charge in [-0.2, -0.15) is 5.10 Å². The SMILES string of the molecule is Cc1nn(C)c(NCc2ccc(C(=O)O)o2)c1[N+](=O)[O-]. The molecule has 2 N–H and O–H groups in total. The van der Waals surface area contributed by atoms with E-state index >= 15 is 0 Å². The maximum Gasteiger partial charge on any atom is 0.371 e. The molecule has 0 fully saturated rings. The Kier molecular flexibility index (Phi) is 3.42. The van der Waals surface area contributed by atoms with Gasteiger partial charge in [0.15, 0.2) is 0 Å². The topological polar surface area (TPSA) is 123 Å². The normalized spacial score (nSPS) is 10.5. The molecule has 2 rings (SSSR count). The monoisotopic (exact) mass is 280 g/mol. The zero-order valence-electron chi connectivity index (χ0n) is 10.8. The molecule has 0 aromatic carbocycles. The molecule has 9 heteroatoms. The summed E-state index contributed by atoms with van der Waals surface area (Å²) in [5.74, 6) is -0.757. The summed E-state index contributed by atoms with van der Waals surface area (Å²) in [6.07, 6.45) is 0. The van der Waals surface area contributed by atoms with Gasteiger partial charge in [-0.1, -0.05) is 0 Å². The quantitative estimate of drug-likeness (QED) is 0.628. The van der Waals surface area contributed by atoms with Crippen LogP contribution in [0.1, 0.15) is 22.0 Å². The van der Waals surface area contributed by atoms with Crippen molar-refractivity contribution in [3.63, 3.8) is 0 Å². The summed E-state index contributed by atoms with van der Waals surface area (Å²) in [7, 11) is 1.58. The Morgan fingerprint density at radius 3 is 2.85 bits per heavy atom. The first-order chi connectivity index (χ1) is 9.40. The number of nitro groups is 1. The molecule has 0 radical (unpaired) electrons. The van der Waals surface area contributed by atoms with E-state index in [0.29, 0.717) is 11.5 Å². The number of hydrogen-bond donors (Lipinski definition) is 2. The molecule has 0 unspecified atom stereocenters. The first-order valence-corrected chi connectivity index (χ1v) is 5.64. The molecule has 2 heterocycles. The van der Waals surface area contributed by atoms with Crippen LogP contribution in [-0.4, -0.2) is 25.8 Å². The van der Waals surface area contributed by atoms with Crippen molar-refractivity contribution in [3.8, 4) is 0 Å². The second-order valence-electron chi connectivity index (χ2n) is 4.09. The summed E-state index contributed by atoms with van der Waals surface area (Å²) in [6.45, 7) is 1.66. The van der Waals surface area contributed by atoms with Crippen molar-refractivity contribution < 1.29 is 19.2 Å². The fourth-order valence-electron chi connectivity index (χ4n) is 1.82. The number of rotatable bonds is 5. The van der Waals surface area contributed by atoms with Crippen LogP contribution < -0.4 is 5.32 Å². The molecule has 2 aromatic heterocycles. The van der Waals surface area contributed by atoms with E-state index in [1.54, 1.807) is 14.0 Å². The molecule has 2 aromatic rings. The van der Waals surface area contributed by atoms with Gasteiger partial charge < -0.3 is 14.8 Å². The highest BCUT2D eigenvalue weighted by molar-refractivity contribution is 5.84. The Hall–Kier alpha value is -2.84. The first kappa shape index (κ1) is 13.6. The zero-order valence-corrected chi connectivity index (χ0v) is 10.8. The van der Waals surface area contributed by atoms with Crippen molar-refractivity contribution in [1.29, 1.82) is 0 Å². The summed E-state index contributed by atoms with van der Waals surface area (Å²) < 4.78 is 6.41. The molecule has 0 atom stereocenters.